The van der Waals surface area contributed by atoms with Crippen LogP contribution in [-0.4, -0.2) is 42.9 Å². The first kappa shape index (κ1) is 23.9. The van der Waals surface area contributed by atoms with Gasteiger partial charge in [0.05, 0.1) is 11.6 Å². The van der Waals surface area contributed by atoms with Crippen LogP contribution in [0, 0.1) is 24.5 Å². The van der Waals surface area contributed by atoms with Crippen molar-refractivity contribution in [3.63, 3.8) is 0 Å². The predicted molar refractivity (Wildman–Crippen MR) is 128 cm³/mol. The molecule has 2 aromatic heterocycles. The number of benzene rings is 2. The molecule has 4 aromatic rings. The molecule has 3 N–H and O–H groups in total. The monoisotopic (exact) mass is 508 g/mol. The van der Waals surface area contributed by atoms with Gasteiger partial charge in [-0.1, -0.05) is 42.3 Å². The van der Waals surface area contributed by atoms with E-state index in [1.165, 1.54) is 10.9 Å². The fourth-order valence-corrected chi connectivity index (χ4v) is 5.40. The first-order valence-corrected chi connectivity index (χ1v) is 12.3. The fraction of sp³-hybridized carbons (Fsp3) is 0.208. The van der Waals surface area contributed by atoms with Crippen LogP contribution in [0.25, 0.3) is 11.2 Å². The van der Waals surface area contributed by atoms with Crippen LogP contribution in [0.2, 0.25) is 0 Å². The summed E-state index contributed by atoms with van der Waals surface area (Å²) < 4.78 is 46.7. The molecular formula is C24H20FN5O5P. The maximum absolute atomic E-state index is 13.9. The van der Waals surface area contributed by atoms with E-state index >= 15 is 0 Å². The van der Waals surface area contributed by atoms with Crippen molar-refractivity contribution >= 4 is 29.9 Å². The number of aliphatic hydroxyl groups excluding tert-OH is 1. The van der Waals surface area contributed by atoms with Crippen LogP contribution in [0.5, 0.6) is 5.75 Å². The highest BCUT2D eigenvalue weighted by Gasteiger charge is 2.50. The normalized spacial score (nSPS) is 23.2. The van der Waals surface area contributed by atoms with E-state index in [1.807, 2.05) is 0 Å². The molecule has 0 aliphatic carbocycles. The molecule has 1 radical (unpaired) electrons. The van der Waals surface area contributed by atoms with Crippen LogP contribution in [0.3, 0.4) is 0 Å². The molecule has 0 saturated carbocycles. The SMILES string of the molecule is C#C[C@]1(COP(=O)(Oc2ccccc2)c2[c]cccc2)O[C@@H](n2cnc3c(N)nc(F)nc32)C[C@@H]1O. The highest BCUT2D eigenvalue weighted by molar-refractivity contribution is 7.62. The van der Waals surface area contributed by atoms with Gasteiger partial charge in [-0.2, -0.15) is 14.4 Å². The summed E-state index contributed by atoms with van der Waals surface area (Å²) in [4.78, 5) is 11.3. The number of halogens is 1. The van der Waals surface area contributed by atoms with Crippen molar-refractivity contribution in [3.05, 3.63) is 73.1 Å². The van der Waals surface area contributed by atoms with E-state index in [1.54, 1.807) is 54.6 Å². The van der Waals surface area contributed by atoms with E-state index in [0.717, 1.165) is 0 Å². The highest BCUT2D eigenvalue weighted by Crippen LogP contribution is 2.49. The van der Waals surface area contributed by atoms with E-state index in [0.29, 0.717) is 5.75 Å². The van der Waals surface area contributed by atoms with E-state index in [-0.39, 0.29) is 28.7 Å². The summed E-state index contributed by atoms with van der Waals surface area (Å²) in [5.41, 5.74) is 4.27. The van der Waals surface area contributed by atoms with Crippen LogP contribution in [0.1, 0.15) is 12.6 Å². The largest absolute Gasteiger partial charge is 0.421 e. The van der Waals surface area contributed by atoms with Gasteiger partial charge in [0.25, 0.3) is 0 Å². The number of nitrogen functional groups attached to an aromatic ring is 1. The van der Waals surface area contributed by atoms with Gasteiger partial charge >= 0.3 is 13.7 Å². The third-order valence-corrected chi connectivity index (χ3v) is 7.48. The minimum absolute atomic E-state index is 0.00808. The third-order valence-electron chi connectivity index (χ3n) is 5.69. The summed E-state index contributed by atoms with van der Waals surface area (Å²) in [5, 5.41) is 11.1. The molecule has 0 bridgehead atoms. The number of para-hydroxylation sites is 1. The second-order valence-electron chi connectivity index (χ2n) is 7.98. The molecule has 183 valence electrons. The molecule has 1 saturated heterocycles. The lowest BCUT2D eigenvalue weighted by atomic mass is 9.99. The summed E-state index contributed by atoms with van der Waals surface area (Å²) in [6.07, 6.45) is 3.93. The molecule has 1 aliphatic heterocycles. The topological polar surface area (TPSA) is 135 Å². The number of imidazole rings is 1. The number of aromatic nitrogens is 4. The molecule has 0 spiro atoms. The van der Waals surface area contributed by atoms with Crippen molar-refractivity contribution in [2.75, 3.05) is 12.3 Å². The molecule has 0 amide bonds. The Morgan fingerprint density at radius 1 is 1.31 bits per heavy atom. The summed E-state index contributed by atoms with van der Waals surface area (Å²) in [7, 11) is -4.01. The smallest absolute Gasteiger partial charge is 0.411 e. The standard InChI is InChI=1S/C24H20FN5O5P/c1-2-24(14-33-36(32,17-11-7-4-8-12-17)35-16-9-5-3-6-10-16)18(31)13-19(34-24)30-15-27-20-21(26)28-23(25)29-22(20)30/h1,3-11,15,18-19,31H,13-14H2,(H2,26,28,29)/t18-,19+,24+,36?/m0/s1. The first-order chi connectivity index (χ1) is 17.3. The maximum atomic E-state index is 13.9. The van der Waals surface area contributed by atoms with Crippen molar-refractivity contribution in [1.82, 2.24) is 19.5 Å². The van der Waals surface area contributed by atoms with Crippen LogP contribution < -0.4 is 15.6 Å². The molecule has 1 aliphatic rings. The van der Waals surface area contributed by atoms with Gasteiger partial charge in [0.1, 0.15) is 24.7 Å². The zero-order chi connectivity index (χ0) is 25.3. The fourth-order valence-electron chi connectivity index (χ4n) is 3.84. The van der Waals surface area contributed by atoms with Gasteiger partial charge in [-0.05, 0) is 24.3 Å². The van der Waals surface area contributed by atoms with Crippen molar-refractivity contribution < 1.29 is 27.8 Å². The van der Waals surface area contributed by atoms with Gasteiger partial charge in [-0.25, -0.2) is 9.55 Å². The zero-order valence-corrected chi connectivity index (χ0v) is 19.6. The van der Waals surface area contributed by atoms with Gasteiger partial charge < -0.3 is 20.1 Å². The summed E-state index contributed by atoms with van der Waals surface area (Å²) in [5.74, 6) is 2.60. The number of hydrogen-bond donors (Lipinski definition) is 2. The number of ether oxygens (including phenoxy) is 1. The molecule has 2 aromatic carbocycles. The first-order valence-electron chi connectivity index (χ1n) is 10.8. The lowest BCUT2D eigenvalue weighted by molar-refractivity contribution is -0.0847. The Bertz CT molecular complexity index is 1480. The van der Waals surface area contributed by atoms with E-state index in [4.69, 9.17) is 25.9 Å². The number of rotatable bonds is 7. The Morgan fingerprint density at radius 3 is 2.81 bits per heavy atom. The van der Waals surface area contributed by atoms with Crippen LogP contribution in [0.4, 0.5) is 10.2 Å². The number of fused-ring (bicyclic) bond motifs is 1. The van der Waals surface area contributed by atoms with Gasteiger partial charge in [0, 0.05) is 6.42 Å². The minimum atomic E-state index is -4.01. The Labute approximate surface area is 205 Å². The second kappa shape index (κ2) is 9.33. The molecule has 4 atom stereocenters. The zero-order valence-electron chi connectivity index (χ0n) is 18.7. The van der Waals surface area contributed by atoms with E-state index in [9.17, 15) is 14.1 Å². The molecule has 5 rings (SSSR count). The predicted octanol–water partition coefficient (Wildman–Crippen LogP) is 2.61. The summed E-state index contributed by atoms with van der Waals surface area (Å²) in [6, 6.07) is 17.9. The van der Waals surface area contributed by atoms with E-state index < -0.39 is 38.2 Å². The number of nitrogens with two attached hydrogens (primary N) is 1. The Morgan fingerprint density at radius 2 is 2.08 bits per heavy atom. The van der Waals surface area contributed by atoms with Gasteiger partial charge in [-0.3, -0.25) is 9.09 Å². The molecule has 3 heterocycles. The van der Waals surface area contributed by atoms with Crippen LogP contribution >= 0.6 is 7.60 Å². The Hall–Kier alpha value is -3.81. The lowest BCUT2D eigenvalue weighted by Crippen LogP contribution is -2.42. The van der Waals surface area contributed by atoms with Gasteiger partial charge in [0.15, 0.2) is 22.6 Å². The molecular weight excluding hydrogens is 488 g/mol. The molecule has 36 heavy (non-hydrogen) atoms. The Balaban J connectivity index is 1.43. The van der Waals surface area contributed by atoms with Crippen LogP contribution in [-0.2, 0) is 13.8 Å². The number of anilines is 1. The number of nitrogens with zero attached hydrogens (tertiary/aromatic N) is 4. The lowest BCUT2D eigenvalue weighted by Gasteiger charge is -2.28. The van der Waals surface area contributed by atoms with Crippen LogP contribution in [0.15, 0.2) is 60.9 Å². The number of terminal acetylenes is 1. The number of aliphatic hydroxyl groups is 1. The van der Waals surface area contributed by atoms with Gasteiger partial charge in [0.2, 0.25) is 0 Å². The summed E-state index contributed by atoms with van der Waals surface area (Å²) in [6.45, 7) is -0.480. The van der Waals surface area contributed by atoms with Crippen molar-refractivity contribution in [3.8, 4) is 18.1 Å². The average Bonchev–Trinajstić information content (AvgIpc) is 3.45. The van der Waals surface area contributed by atoms with Crippen molar-refractivity contribution in [2.24, 2.45) is 0 Å². The average molecular weight is 508 g/mol. The van der Waals surface area contributed by atoms with Crippen molar-refractivity contribution in [1.29, 1.82) is 0 Å². The molecule has 12 heteroatoms. The van der Waals surface area contributed by atoms with Gasteiger partial charge in [-0.15, -0.1) is 6.42 Å². The molecule has 10 nitrogen and oxygen atoms in total. The molecule has 1 fully saturated rings. The third kappa shape index (κ3) is 4.32. The van der Waals surface area contributed by atoms with E-state index in [2.05, 4.69) is 26.9 Å². The molecule has 1 unspecified atom stereocenters. The Kier molecular flexibility index (Phi) is 6.20. The maximum Gasteiger partial charge on any atom is 0.411 e. The second-order valence-corrected chi connectivity index (χ2v) is 9.90. The number of hydrogen-bond acceptors (Lipinski definition) is 9. The summed E-state index contributed by atoms with van der Waals surface area (Å²) >= 11 is 0. The quantitative estimate of drug-likeness (QED) is 0.219. The minimum Gasteiger partial charge on any atom is -0.421 e. The van der Waals surface area contributed by atoms with Crippen molar-refractivity contribution in [2.45, 2.75) is 24.4 Å². The highest BCUT2D eigenvalue weighted by atomic mass is 31.2.